The van der Waals surface area contributed by atoms with Crippen LogP contribution in [-0.4, -0.2) is 25.7 Å². The highest BCUT2D eigenvalue weighted by atomic mass is 16.5. The minimum atomic E-state index is 0.00176. The number of carbonyl (C=O) groups excluding carboxylic acids is 1. The van der Waals surface area contributed by atoms with Gasteiger partial charge in [0.25, 0.3) is 0 Å². The summed E-state index contributed by atoms with van der Waals surface area (Å²) >= 11 is 0. The molecule has 76 valence electrons. The number of nitrogens with one attached hydrogen (secondary N) is 1. The number of hydrogen-bond acceptors (Lipinski definition) is 2. The summed E-state index contributed by atoms with van der Waals surface area (Å²) in [5, 5.41) is 2.96. The molecule has 0 bridgehead atoms. The third kappa shape index (κ3) is 3.35. The second-order valence-corrected chi connectivity index (χ2v) is 3.83. The lowest BCUT2D eigenvalue weighted by Crippen LogP contribution is -2.39. The first kappa shape index (κ1) is 10.5. The Labute approximate surface area is 79.8 Å². The molecule has 0 aromatic carbocycles. The summed E-state index contributed by atoms with van der Waals surface area (Å²) in [6, 6.07) is 0.310. The zero-order chi connectivity index (χ0) is 9.68. The van der Waals surface area contributed by atoms with Crippen molar-refractivity contribution in [2.24, 2.45) is 5.92 Å². The van der Waals surface area contributed by atoms with Crippen molar-refractivity contribution < 1.29 is 9.53 Å². The van der Waals surface area contributed by atoms with Crippen LogP contribution in [0, 0.1) is 5.92 Å². The molecule has 1 atom stereocenters. The van der Waals surface area contributed by atoms with Gasteiger partial charge in [0, 0.05) is 13.2 Å². The standard InChI is InChI=1S/C10H19NO2/c1-8(9-5-3-4-6-9)11-10(12)7-13-2/h8-9H,3-7H2,1-2H3,(H,11,12)/t8-/m1/s1. The number of methoxy groups -OCH3 is 1. The maximum absolute atomic E-state index is 11.2. The predicted octanol–water partition coefficient (Wildman–Crippen LogP) is 1.33. The van der Waals surface area contributed by atoms with Crippen molar-refractivity contribution in [3.63, 3.8) is 0 Å². The molecule has 1 rings (SSSR count). The summed E-state index contributed by atoms with van der Waals surface area (Å²) in [6.45, 7) is 2.26. The van der Waals surface area contributed by atoms with E-state index in [1.807, 2.05) is 0 Å². The molecule has 0 aliphatic heterocycles. The van der Waals surface area contributed by atoms with Crippen LogP contribution in [0.15, 0.2) is 0 Å². The number of amides is 1. The molecule has 3 heteroatoms. The van der Waals surface area contributed by atoms with Gasteiger partial charge in [-0.3, -0.25) is 4.79 Å². The largest absolute Gasteiger partial charge is 0.375 e. The van der Waals surface area contributed by atoms with E-state index in [1.54, 1.807) is 7.11 Å². The Morgan fingerprint density at radius 2 is 2.15 bits per heavy atom. The van der Waals surface area contributed by atoms with Crippen LogP contribution in [0.3, 0.4) is 0 Å². The summed E-state index contributed by atoms with van der Waals surface area (Å²) in [6.07, 6.45) is 5.15. The van der Waals surface area contributed by atoms with E-state index in [2.05, 4.69) is 12.2 Å². The van der Waals surface area contributed by atoms with E-state index in [1.165, 1.54) is 25.7 Å². The molecule has 0 radical (unpaired) electrons. The number of ether oxygens (including phenoxy) is 1. The van der Waals surface area contributed by atoms with Crippen LogP contribution in [-0.2, 0) is 9.53 Å². The van der Waals surface area contributed by atoms with Crippen molar-refractivity contribution in [1.82, 2.24) is 5.32 Å². The zero-order valence-corrected chi connectivity index (χ0v) is 8.51. The summed E-state index contributed by atoms with van der Waals surface area (Å²) < 4.78 is 4.76. The lowest BCUT2D eigenvalue weighted by Gasteiger charge is -2.19. The third-order valence-electron chi connectivity index (χ3n) is 2.77. The summed E-state index contributed by atoms with van der Waals surface area (Å²) in [4.78, 5) is 11.2. The molecule has 1 saturated carbocycles. The molecule has 0 unspecified atom stereocenters. The van der Waals surface area contributed by atoms with Gasteiger partial charge >= 0.3 is 0 Å². The third-order valence-corrected chi connectivity index (χ3v) is 2.77. The molecule has 1 fully saturated rings. The zero-order valence-electron chi connectivity index (χ0n) is 8.51. The summed E-state index contributed by atoms with van der Waals surface area (Å²) in [5.74, 6) is 0.683. The van der Waals surface area contributed by atoms with Crippen LogP contribution in [0.4, 0.5) is 0 Å². The Balaban J connectivity index is 2.22. The van der Waals surface area contributed by atoms with Crippen LogP contribution in [0.25, 0.3) is 0 Å². The first-order valence-corrected chi connectivity index (χ1v) is 5.02. The topological polar surface area (TPSA) is 38.3 Å². The fourth-order valence-electron chi connectivity index (χ4n) is 2.00. The van der Waals surface area contributed by atoms with Gasteiger partial charge < -0.3 is 10.1 Å². The molecule has 13 heavy (non-hydrogen) atoms. The van der Waals surface area contributed by atoms with E-state index in [4.69, 9.17) is 4.74 Å². The SMILES string of the molecule is COCC(=O)N[C@H](C)C1CCCC1. The average Bonchev–Trinajstić information content (AvgIpc) is 2.55. The molecule has 1 N–H and O–H groups in total. The fourth-order valence-corrected chi connectivity index (χ4v) is 2.00. The maximum Gasteiger partial charge on any atom is 0.246 e. The fraction of sp³-hybridized carbons (Fsp3) is 0.900. The Morgan fingerprint density at radius 1 is 1.54 bits per heavy atom. The number of hydrogen-bond donors (Lipinski definition) is 1. The molecule has 1 aliphatic carbocycles. The molecular formula is C10H19NO2. The van der Waals surface area contributed by atoms with Crippen molar-refractivity contribution >= 4 is 5.91 Å². The molecule has 3 nitrogen and oxygen atoms in total. The first-order valence-electron chi connectivity index (χ1n) is 5.02. The van der Waals surface area contributed by atoms with Crippen molar-refractivity contribution in [2.45, 2.75) is 38.6 Å². The van der Waals surface area contributed by atoms with Crippen LogP contribution in [0.1, 0.15) is 32.6 Å². The number of rotatable bonds is 4. The number of carbonyl (C=O) groups is 1. The van der Waals surface area contributed by atoms with E-state index in [0.717, 1.165) is 0 Å². The van der Waals surface area contributed by atoms with Crippen LogP contribution < -0.4 is 5.32 Å². The molecule has 0 heterocycles. The molecule has 0 aromatic heterocycles. The Hall–Kier alpha value is -0.570. The minimum absolute atomic E-state index is 0.00176. The highest BCUT2D eigenvalue weighted by Gasteiger charge is 2.22. The van der Waals surface area contributed by atoms with Crippen molar-refractivity contribution in [1.29, 1.82) is 0 Å². The first-order chi connectivity index (χ1) is 6.24. The van der Waals surface area contributed by atoms with E-state index in [-0.39, 0.29) is 12.5 Å². The minimum Gasteiger partial charge on any atom is -0.375 e. The van der Waals surface area contributed by atoms with E-state index in [9.17, 15) is 4.79 Å². The molecule has 1 amide bonds. The smallest absolute Gasteiger partial charge is 0.246 e. The molecule has 0 saturated heterocycles. The van der Waals surface area contributed by atoms with Gasteiger partial charge in [0.2, 0.25) is 5.91 Å². The van der Waals surface area contributed by atoms with Crippen molar-refractivity contribution in [3.05, 3.63) is 0 Å². The normalized spacial score (nSPS) is 20.2. The monoisotopic (exact) mass is 185 g/mol. The van der Waals surface area contributed by atoms with Gasteiger partial charge in [0.1, 0.15) is 6.61 Å². The van der Waals surface area contributed by atoms with Gasteiger partial charge in [-0.05, 0) is 25.7 Å². The Bertz CT molecular complexity index is 164. The molecule has 0 aromatic rings. The summed E-state index contributed by atoms with van der Waals surface area (Å²) in [7, 11) is 1.54. The highest BCUT2D eigenvalue weighted by molar-refractivity contribution is 5.77. The van der Waals surface area contributed by atoms with Gasteiger partial charge in [0.15, 0.2) is 0 Å². The predicted molar refractivity (Wildman–Crippen MR) is 51.4 cm³/mol. The van der Waals surface area contributed by atoms with E-state index in [0.29, 0.717) is 12.0 Å². The molecular weight excluding hydrogens is 166 g/mol. The van der Waals surface area contributed by atoms with Crippen molar-refractivity contribution in [3.8, 4) is 0 Å². The lowest BCUT2D eigenvalue weighted by molar-refractivity contribution is -0.125. The van der Waals surface area contributed by atoms with Gasteiger partial charge in [-0.15, -0.1) is 0 Å². The maximum atomic E-state index is 11.2. The highest BCUT2D eigenvalue weighted by Crippen LogP contribution is 2.27. The average molecular weight is 185 g/mol. The van der Waals surface area contributed by atoms with E-state index < -0.39 is 0 Å². The van der Waals surface area contributed by atoms with Crippen molar-refractivity contribution in [2.75, 3.05) is 13.7 Å². The van der Waals surface area contributed by atoms with Gasteiger partial charge in [0.05, 0.1) is 0 Å². The Morgan fingerprint density at radius 3 is 2.69 bits per heavy atom. The second-order valence-electron chi connectivity index (χ2n) is 3.83. The van der Waals surface area contributed by atoms with Crippen LogP contribution in [0.5, 0.6) is 0 Å². The summed E-state index contributed by atoms with van der Waals surface area (Å²) in [5.41, 5.74) is 0. The molecule has 0 spiro atoms. The second kappa shape index (κ2) is 5.22. The van der Waals surface area contributed by atoms with E-state index >= 15 is 0 Å². The van der Waals surface area contributed by atoms with Gasteiger partial charge in [-0.2, -0.15) is 0 Å². The van der Waals surface area contributed by atoms with Crippen LogP contribution >= 0.6 is 0 Å². The van der Waals surface area contributed by atoms with Gasteiger partial charge in [-0.25, -0.2) is 0 Å². The Kier molecular flexibility index (Phi) is 4.22. The lowest BCUT2D eigenvalue weighted by atomic mass is 10.00. The van der Waals surface area contributed by atoms with Crippen LogP contribution in [0.2, 0.25) is 0 Å². The quantitative estimate of drug-likeness (QED) is 0.717. The molecule has 1 aliphatic rings. The van der Waals surface area contributed by atoms with Gasteiger partial charge in [-0.1, -0.05) is 12.8 Å².